The van der Waals surface area contributed by atoms with Crippen LogP contribution in [0.2, 0.25) is 0 Å². The molecule has 0 aromatic heterocycles. The van der Waals surface area contributed by atoms with E-state index in [0.29, 0.717) is 18.2 Å². The predicted molar refractivity (Wildman–Crippen MR) is 130 cm³/mol. The summed E-state index contributed by atoms with van der Waals surface area (Å²) < 4.78 is 5.82. The minimum Gasteiger partial charge on any atom is -0.493 e. The van der Waals surface area contributed by atoms with Gasteiger partial charge in [-0.1, -0.05) is 74.8 Å². The number of benzene rings is 2. The van der Waals surface area contributed by atoms with Gasteiger partial charge < -0.3 is 10.1 Å². The lowest BCUT2D eigenvalue weighted by Gasteiger charge is -2.07. The average molecular weight is 438 g/mol. The van der Waals surface area contributed by atoms with Crippen LogP contribution >= 0.6 is 11.8 Å². The number of unbranched alkanes of at least 4 members (excludes halogenated alkanes) is 2. The van der Waals surface area contributed by atoms with Crippen LogP contribution < -0.4 is 10.1 Å². The smallest absolute Gasteiger partial charge is 0.239 e. The lowest BCUT2D eigenvalue weighted by atomic mass is 10.0. The normalized spacial score (nSPS) is 17.4. The SMILES string of the molecule is CCCCOc1ccccc1/C=N\N=C1\NC(=O)[C@H](Cc2ccc(CCCC)cc2)S1. The van der Waals surface area contributed by atoms with Gasteiger partial charge in [0.05, 0.1) is 18.1 Å². The van der Waals surface area contributed by atoms with Crippen molar-refractivity contribution in [2.24, 2.45) is 10.2 Å². The number of hydrogen-bond donors (Lipinski definition) is 1. The first kappa shape index (κ1) is 23.1. The number of nitrogens with zero attached hydrogens (tertiary/aromatic N) is 2. The van der Waals surface area contributed by atoms with Crippen molar-refractivity contribution < 1.29 is 9.53 Å². The molecule has 0 unspecified atom stereocenters. The Labute approximate surface area is 189 Å². The van der Waals surface area contributed by atoms with Crippen molar-refractivity contribution in [2.75, 3.05) is 6.61 Å². The van der Waals surface area contributed by atoms with Crippen molar-refractivity contribution in [1.82, 2.24) is 5.32 Å². The molecule has 1 fully saturated rings. The number of carbonyl (C=O) groups is 1. The summed E-state index contributed by atoms with van der Waals surface area (Å²) in [6.45, 7) is 5.02. The highest BCUT2D eigenvalue weighted by atomic mass is 32.2. The monoisotopic (exact) mass is 437 g/mol. The van der Waals surface area contributed by atoms with E-state index in [4.69, 9.17) is 4.74 Å². The maximum atomic E-state index is 12.3. The number of carbonyl (C=O) groups excluding carboxylic acids is 1. The molecule has 1 atom stereocenters. The second-order valence-corrected chi connectivity index (χ2v) is 8.80. The van der Waals surface area contributed by atoms with E-state index in [1.807, 2.05) is 24.3 Å². The van der Waals surface area contributed by atoms with Gasteiger partial charge >= 0.3 is 0 Å². The third-order valence-electron chi connectivity index (χ3n) is 5.06. The van der Waals surface area contributed by atoms with Crippen LogP contribution in [0.3, 0.4) is 0 Å². The van der Waals surface area contributed by atoms with Gasteiger partial charge in [0.25, 0.3) is 0 Å². The van der Waals surface area contributed by atoms with E-state index in [9.17, 15) is 4.79 Å². The average Bonchev–Trinajstić information content (AvgIpc) is 3.13. The fourth-order valence-corrected chi connectivity index (χ4v) is 4.18. The summed E-state index contributed by atoms with van der Waals surface area (Å²) >= 11 is 1.43. The van der Waals surface area contributed by atoms with Gasteiger partial charge in [0.2, 0.25) is 5.91 Å². The van der Waals surface area contributed by atoms with E-state index in [0.717, 1.165) is 36.1 Å². The number of rotatable bonds is 11. The Morgan fingerprint density at radius 2 is 1.77 bits per heavy atom. The fourth-order valence-electron chi connectivity index (χ4n) is 3.21. The van der Waals surface area contributed by atoms with Crippen molar-refractivity contribution >= 4 is 29.1 Å². The maximum absolute atomic E-state index is 12.3. The van der Waals surface area contributed by atoms with Crippen LogP contribution in [0.4, 0.5) is 0 Å². The zero-order chi connectivity index (χ0) is 21.9. The van der Waals surface area contributed by atoms with E-state index < -0.39 is 0 Å². The van der Waals surface area contributed by atoms with Gasteiger partial charge in [-0.15, -0.1) is 5.10 Å². The van der Waals surface area contributed by atoms with Crippen LogP contribution in [0, 0.1) is 0 Å². The molecule has 2 aromatic carbocycles. The predicted octanol–water partition coefficient (Wildman–Crippen LogP) is 5.37. The summed E-state index contributed by atoms with van der Waals surface area (Å²) in [4.78, 5) is 12.3. The molecule has 31 heavy (non-hydrogen) atoms. The van der Waals surface area contributed by atoms with Gasteiger partial charge in [0, 0.05) is 5.56 Å². The second-order valence-electron chi connectivity index (χ2n) is 7.61. The van der Waals surface area contributed by atoms with E-state index in [1.54, 1.807) is 6.21 Å². The Morgan fingerprint density at radius 1 is 1.03 bits per heavy atom. The standard InChI is InChI=1S/C25H31N3O2S/c1-3-5-9-19-12-14-20(15-13-19)17-23-24(29)27-25(31-23)28-26-18-21-10-7-8-11-22(21)30-16-6-4-2/h7-8,10-15,18,23H,3-6,9,16-17H2,1-2H3,(H,27,28,29)/b26-18-/t23-/m0/s1. The first-order chi connectivity index (χ1) is 15.2. The molecule has 1 heterocycles. The highest BCUT2D eigenvalue weighted by Crippen LogP contribution is 2.24. The lowest BCUT2D eigenvalue weighted by Crippen LogP contribution is -2.25. The molecule has 1 aliphatic rings. The summed E-state index contributed by atoms with van der Waals surface area (Å²) in [5.41, 5.74) is 3.39. The number of hydrogen-bond acceptors (Lipinski definition) is 5. The molecular weight excluding hydrogens is 406 g/mol. The molecule has 0 bridgehead atoms. The molecular formula is C25H31N3O2S. The molecule has 3 rings (SSSR count). The molecule has 0 aliphatic carbocycles. The first-order valence-corrected chi connectivity index (χ1v) is 12.0. The molecule has 1 saturated heterocycles. The number of thioether (sulfide) groups is 1. The number of nitrogens with one attached hydrogen (secondary N) is 1. The van der Waals surface area contributed by atoms with Crippen molar-refractivity contribution in [3.63, 3.8) is 0 Å². The van der Waals surface area contributed by atoms with Crippen LogP contribution in [-0.2, 0) is 17.6 Å². The van der Waals surface area contributed by atoms with Gasteiger partial charge in [-0.05, 0) is 48.9 Å². The summed E-state index contributed by atoms with van der Waals surface area (Å²) in [5.74, 6) is 0.778. The summed E-state index contributed by atoms with van der Waals surface area (Å²) in [6, 6.07) is 16.3. The number of amidine groups is 1. The minimum absolute atomic E-state index is 0.0164. The molecule has 1 aliphatic heterocycles. The van der Waals surface area contributed by atoms with Crippen molar-refractivity contribution in [1.29, 1.82) is 0 Å². The van der Waals surface area contributed by atoms with E-state index >= 15 is 0 Å². The lowest BCUT2D eigenvalue weighted by molar-refractivity contribution is -0.118. The zero-order valence-electron chi connectivity index (χ0n) is 18.3. The van der Waals surface area contributed by atoms with Gasteiger partial charge in [-0.2, -0.15) is 5.10 Å². The van der Waals surface area contributed by atoms with Gasteiger partial charge in [-0.3, -0.25) is 4.79 Å². The molecule has 0 radical (unpaired) electrons. The molecule has 5 nitrogen and oxygen atoms in total. The quantitative estimate of drug-likeness (QED) is 0.292. The third kappa shape index (κ3) is 7.24. The third-order valence-corrected chi connectivity index (χ3v) is 6.13. The fraction of sp³-hybridized carbons (Fsp3) is 0.400. The van der Waals surface area contributed by atoms with E-state index in [2.05, 4.69) is 53.6 Å². The van der Waals surface area contributed by atoms with Crippen LogP contribution in [0.5, 0.6) is 5.75 Å². The number of aryl methyl sites for hydroxylation is 1. The molecule has 1 amide bonds. The highest BCUT2D eigenvalue weighted by molar-refractivity contribution is 8.15. The van der Waals surface area contributed by atoms with E-state index in [1.165, 1.54) is 30.2 Å². The summed E-state index contributed by atoms with van der Waals surface area (Å²) in [5, 5.41) is 11.6. The minimum atomic E-state index is -0.180. The summed E-state index contributed by atoms with van der Waals surface area (Å²) in [7, 11) is 0. The Bertz CT molecular complexity index is 909. The van der Waals surface area contributed by atoms with Gasteiger partial charge in [-0.25, -0.2) is 0 Å². The number of ether oxygens (including phenoxy) is 1. The molecule has 1 N–H and O–H groups in total. The Balaban J connectivity index is 1.56. The van der Waals surface area contributed by atoms with Crippen LogP contribution in [0.25, 0.3) is 0 Å². The molecule has 164 valence electrons. The van der Waals surface area contributed by atoms with Crippen LogP contribution in [-0.4, -0.2) is 29.1 Å². The number of amides is 1. The highest BCUT2D eigenvalue weighted by Gasteiger charge is 2.30. The Morgan fingerprint density at radius 3 is 2.55 bits per heavy atom. The largest absolute Gasteiger partial charge is 0.493 e. The van der Waals surface area contributed by atoms with Crippen LogP contribution in [0.15, 0.2) is 58.7 Å². The van der Waals surface area contributed by atoms with Gasteiger partial charge in [0.15, 0.2) is 5.17 Å². The van der Waals surface area contributed by atoms with Crippen molar-refractivity contribution in [2.45, 2.75) is 57.6 Å². The Kier molecular flexibility index (Phi) is 9.16. The molecule has 0 saturated carbocycles. The summed E-state index contributed by atoms with van der Waals surface area (Å²) in [6.07, 6.45) is 7.96. The molecule has 2 aromatic rings. The van der Waals surface area contributed by atoms with Crippen LogP contribution in [0.1, 0.15) is 56.2 Å². The maximum Gasteiger partial charge on any atom is 0.239 e. The topological polar surface area (TPSA) is 63.1 Å². The van der Waals surface area contributed by atoms with Crippen molar-refractivity contribution in [3.05, 3.63) is 65.2 Å². The van der Waals surface area contributed by atoms with Gasteiger partial charge in [0.1, 0.15) is 5.75 Å². The second kappa shape index (κ2) is 12.3. The Hall–Kier alpha value is -2.60. The first-order valence-electron chi connectivity index (χ1n) is 11.1. The zero-order valence-corrected chi connectivity index (χ0v) is 19.2. The van der Waals surface area contributed by atoms with E-state index in [-0.39, 0.29) is 11.2 Å². The molecule has 6 heteroatoms. The molecule has 0 spiro atoms. The number of para-hydroxylation sites is 1. The van der Waals surface area contributed by atoms with Crippen molar-refractivity contribution in [3.8, 4) is 5.75 Å².